The van der Waals surface area contributed by atoms with Gasteiger partial charge in [-0.2, -0.15) is 10.2 Å². The molecule has 0 unspecified atom stereocenters. The van der Waals surface area contributed by atoms with Gasteiger partial charge in [-0.05, 0) is 19.9 Å². The van der Waals surface area contributed by atoms with Crippen molar-refractivity contribution in [1.29, 1.82) is 5.26 Å². The third-order valence-corrected chi connectivity index (χ3v) is 2.62. The molecule has 6 nitrogen and oxygen atoms in total. The molecule has 0 aromatic carbocycles. The molecule has 1 amide bonds. The maximum absolute atomic E-state index is 11.8. The van der Waals surface area contributed by atoms with Gasteiger partial charge in [0.15, 0.2) is 0 Å². The van der Waals surface area contributed by atoms with Crippen LogP contribution in [0.2, 0.25) is 0 Å². The number of rotatable bonds is 4. The van der Waals surface area contributed by atoms with Gasteiger partial charge in [0.1, 0.15) is 6.54 Å². The maximum atomic E-state index is 11.8. The van der Waals surface area contributed by atoms with E-state index in [0.29, 0.717) is 17.9 Å². The first-order valence-corrected chi connectivity index (χ1v) is 5.61. The van der Waals surface area contributed by atoms with E-state index in [0.717, 1.165) is 0 Å². The Morgan fingerprint density at radius 2 is 2.22 bits per heavy atom. The highest BCUT2D eigenvalue weighted by molar-refractivity contribution is 5.75. The Balaban J connectivity index is 2.83. The van der Waals surface area contributed by atoms with Crippen molar-refractivity contribution in [2.45, 2.75) is 26.8 Å². The van der Waals surface area contributed by atoms with E-state index >= 15 is 0 Å². The molecule has 0 N–H and O–H groups in total. The molecule has 0 aliphatic rings. The Morgan fingerprint density at radius 1 is 1.56 bits per heavy atom. The lowest BCUT2D eigenvalue weighted by Gasteiger charge is -2.17. The summed E-state index contributed by atoms with van der Waals surface area (Å²) < 4.78 is 1.33. The largest absolute Gasteiger partial charge is 0.348 e. The molecule has 1 rings (SSSR count). The summed E-state index contributed by atoms with van der Waals surface area (Å²) in [4.78, 5) is 28.7. The minimum absolute atomic E-state index is 0.0418. The van der Waals surface area contributed by atoms with Crippen LogP contribution in [0.3, 0.4) is 0 Å². The number of likely N-dealkylation sites (N-methyl/N-ethyl adjacent to an activating group) is 1. The van der Waals surface area contributed by atoms with Crippen molar-refractivity contribution in [3.05, 3.63) is 27.9 Å². The second kappa shape index (κ2) is 5.96. The van der Waals surface area contributed by atoms with Crippen molar-refractivity contribution in [3.8, 4) is 6.07 Å². The second-order valence-corrected chi connectivity index (χ2v) is 4.13. The molecule has 18 heavy (non-hydrogen) atoms. The topological polar surface area (TPSA) is 79.0 Å². The lowest BCUT2D eigenvalue weighted by atomic mass is 10.3. The molecule has 0 spiro atoms. The van der Waals surface area contributed by atoms with E-state index in [1.165, 1.54) is 9.47 Å². The summed E-state index contributed by atoms with van der Waals surface area (Å²) in [6.07, 6.45) is 0.280. The van der Waals surface area contributed by atoms with Crippen LogP contribution < -0.4 is 5.69 Å². The highest BCUT2D eigenvalue weighted by atomic mass is 16.2. The molecule has 0 aliphatic carbocycles. The number of nitriles is 1. The van der Waals surface area contributed by atoms with Gasteiger partial charge >= 0.3 is 5.69 Å². The molecule has 0 fully saturated rings. The van der Waals surface area contributed by atoms with E-state index in [-0.39, 0.29) is 18.9 Å². The van der Waals surface area contributed by atoms with Crippen LogP contribution in [0.4, 0.5) is 0 Å². The fourth-order valence-corrected chi connectivity index (χ4v) is 1.57. The van der Waals surface area contributed by atoms with Crippen LogP contribution in [-0.2, 0) is 11.3 Å². The monoisotopic (exact) mass is 248 g/mol. The Hall–Kier alpha value is -2.16. The maximum Gasteiger partial charge on any atom is 0.348 e. The summed E-state index contributed by atoms with van der Waals surface area (Å²) in [6.45, 7) is 3.82. The Kier molecular flexibility index (Phi) is 4.60. The van der Waals surface area contributed by atoms with Crippen LogP contribution in [0.5, 0.6) is 0 Å². The third kappa shape index (κ3) is 3.42. The van der Waals surface area contributed by atoms with Gasteiger partial charge in [-0.3, -0.25) is 9.36 Å². The average molecular weight is 248 g/mol. The zero-order chi connectivity index (χ0) is 13.7. The normalized spacial score (nSPS) is 9.89. The first-order valence-electron chi connectivity index (χ1n) is 5.61. The van der Waals surface area contributed by atoms with Gasteiger partial charge in [-0.25, -0.2) is 4.79 Å². The summed E-state index contributed by atoms with van der Waals surface area (Å²) in [5.41, 5.74) is 0.920. The van der Waals surface area contributed by atoms with E-state index < -0.39 is 5.69 Å². The zero-order valence-electron chi connectivity index (χ0n) is 10.8. The lowest BCUT2D eigenvalue weighted by Crippen LogP contribution is -2.36. The summed E-state index contributed by atoms with van der Waals surface area (Å²) in [6, 6.07) is 3.73. The van der Waals surface area contributed by atoms with Crippen molar-refractivity contribution < 1.29 is 4.79 Å². The first kappa shape index (κ1) is 13.9. The van der Waals surface area contributed by atoms with Crippen molar-refractivity contribution in [2.75, 3.05) is 13.6 Å². The van der Waals surface area contributed by atoms with Crippen molar-refractivity contribution in [1.82, 2.24) is 14.5 Å². The molecule has 0 saturated heterocycles. The summed E-state index contributed by atoms with van der Waals surface area (Å²) in [5, 5.41) is 8.45. The molecule has 0 saturated carbocycles. The zero-order valence-corrected chi connectivity index (χ0v) is 10.8. The molecule has 0 atom stereocenters. The quantitative estimate of drug-likeness (QED) is 0.764. The second-order valence-electron chi connectivity index (χ2n) is 4.13. The Morgan fingerprint density at radius 3 is 2.78 bits per heavy atom. The molecule has 6 heteroatoms. The molecule has 0 bridgehead atoms. The third-order valence-electron chi connectivity index (χ3n) is 2.62. The minimum atomic E-state index is -0.422. The predicted octanol–water partition coefficient (Wildman–Crippen LogP) is 0.232. The molecular weight excluding hydrogens is 232 g/mol. The summed E-state index contributed by atoms with van der Waals surface area (Å²) >= 11 is 0. The molecule has 1 aromatic heterocycles. The molecule has 1 heterocycles. The van der Waals surface area contributed by atoms with E-state index in [1.54, 1.807) is 27.0 Å². The number of hydrogen-bond donors (Lipinski definition) is 0. The SMILES string of the molecule is Cc1cc(C)n(CC(=O)N(C)CCC#N)c(=O)n1. The minimum Gasteiger partial charge on any atom is -0.343 e. The fraction of sp³-hybridized carbons (Fsp3) is 0.500. The summed E-state index contributed by atoms with van der Waals surface area (Å²) in [5.74, 6) is -0.207. The van der Waals surface area contributed by atoms with E-state index in [1.807, 2.05) is 6.07 Å². The standard InChI is InChI=1S/C12H16N4O2/c1-9-7-10(2)16(12(18)14-9)8-11(17)15(3)6-4-5-13/h7H,4,6,8H2,1-3H3. The highest BCUT2D eigenvalue weighted by Crippen LogP contribution is 1.98. The van der Waals surface area contributed by atoms with E-state index in [9.17, 15) is 9.59 Å². The van der Waals surface area contributed by atoms with Crippen LogP contribution in [-0.4, -0.2) is 34.0 Å². The van der Waals surface area contributed by atoms with Gasteiger partial charge in [0.2, 0.25) is 5.91 Å². The first-order chi connectivity index (χ1) is 8.45. The number of hydrogen-bond acceptors (Lipinski definition) is 4. The van der Waals surface area contributed by atoms with Crippen LogP contribution in [0, 0.1) is 25.2 Å². The van der Waals surface area contributed by atoms with Crippen molar-refractivity contribution in [2.24, 2.45) is 0 Å². The van der Waals surface area contributed by atoms with Crippen molar-refractivity contribution in [3.63, 3.8) is 0 Å². The van der Waals surface area contributed by atoms with Gasteiger partial charge in [-0.15, -0.1) is 0 Å². The number of nitrogens with zero attached hydrogens (tertiary/aromatic N) is 4. The van der Waals surface area contributed by atoms with Crippen LogP contribution in [0.1, 0.15) is 17.8 Å². The molecule has 0 aliphatic heterocycles. The van der Waals surface area contributed by atoms with Crippen LogP contribution in [0.15, 0.2) is 10.9 Å². The Labute approximate surface area is 105 Å². The van der Waals surface area contributed by atoms with E-state index in [4.69, 9.17) is 5.26 Å². The number of aryl methyl sites for hydroxylation is 2. The van der Waals surface area contributed by atoms with E-state index in [2.05, 4.69) is 4.98 Å². The molecule has 96 valence electrons. The van der Waals surface area contributed by atoms with Gasteiger partial charge in [0.05, 0.1) is 12.5 Å². The highest BCUT2D eigenvalue weighted by Gasteiger charge is 2.12. The predicted molar refractivity (Wildman–Crippen MR) is 65.8 cm³/mol. The van der Waals surface area contributed by atoms with Crippen LogP contribution >= 0.6 is 0 Å². The van der Waals surface area contributed by atoms with Gasteiger partial charge < -0.3 is 4.90 Å². The van der Waals surface area contributed by atoms with Gasteiger partial charge in [0.25, 0.3) is 0 Å². The van der Waals surface area contributed by atoms with Crippen molar-refractivity contribution >= 4 is 5.91 Å². The molecule has 0 radical (unpaired) electrons. The molecule has 1 aromatic rings. The molecular formula is C12H16N4O2. The smallest absolute Gasteiger partial charge is 0.343 e. The van der Waals surface area contributed by atoms with Gasteiger partial charge in [-0.1, -0.05) is 0 Å². The fourth-order valence-electron chi connectivity index (χ4n) is 1.57. The van der Waals surface area contributed by atoms with Gasteiger partial charge in [0, 0.05) is 25.0 Å². The summed E-state index contributed by atoms with van der Waals surface area (Å²) in [7, 11) is 1.61. The number of carbonyl (C=O) groups excluding carboxylic acids is 1. The number of amides is 1. The Bertz CT molecular complexity index is 542. The lowest BCUT2D eigenvalue weighted by molar-refractivity contribution is -0.130. The number of carbonyl (C=O) groups is 1. The average Bonchev–Trinajstić information content (AvgIpc) is 2.30. The number of aromatic nitrogens is 2. The van der Waals surface area contributed by atoms with Crippen LogP contribution in [0.25, 0.3) is 0 Å².